The number of nitrogens with one attached hydrogen (secondary N) is 1. The van der Waals surface area contributed by atoms with Gasteiger partial charge in [-0.05, 0) is 17.9 Å². The zero-order valence-electron chi connectivity index (χ0n) is 8.91. The van der Waals surface area contributed by atoms with E-state index in [1.54, 1.807) is 6.08 Å². The Kier molecular flexibility index (Phi) is 4.62. The highest BCUT2D eigenvalue weighted by Gasteiger charge is 2.34. The molecule has 0 heterocycles. The third-order valence-electron chi connectivity index (χ3n) is 1.90. The van der Waals surface area contributed by atoms with Crippen molar-refractivity contribution in [3.63, 3.8) is 0 Å². The lowest BCUT2D eigenvalue weighted by atomic mass is 9.96. The van der Waals surface area contributed by atoms with Crippen LogP contribution in [0.2, 0.25) is 0 Å². The van der Waals surface area contributed by atoms with Gasteiger partial charge < -0.3 is 11.1 Å². The highest BCUT2D eigenvalue weighted by molar-refractivity contribution is 5.88. The predicted octanol–water partition coefficient (Wildman–Crippen LogP) is 1.23. The molecule has 0 bridgehead atoms. The number of hydrogen-bond acceptors (Lipinski definition) is 2. The average molecular weight is 219 g/mol. The fourth-order valence-corrected chi connectivity index (χ4v) is 0.937. The van der Waals surface area contributed by atoms with E-state index >= 15 is 0 Å². The molecule has 0 aromatic rings. The molecule has 0 radical (unpaired) electrons. The SMILES string of the molecule is CC(C)(C)/C=C/C(=O)NC1CC1N.Cl. The molecule has 3 nitrogen and oxygen atoms in total. The monoisotopic (exact) mass is 218 g/mol. The summed E-state index contributed by atoms with van der Waals surface area (Å²) in [6.07, 6.45) is 4.40. The maximum atomic E-state index is 11.2. The van der Waals surface area contributed by atoms with Gasteiger partial charge in [-0.1, -0.05) is 26.8 Å². The summed E-state index contributed by atoms with van der Waals surface area (Å²) in [4.78, 5) is 11.2. The van der Waals surface area contributed by atoms with Crippen LogP contribution in [-0.2, 0) is 4.79 Å². The molecule has 1 fully saturated rings. The number of carbonyl (C=O) groups is 1. The summed E-state index contributed by atoms with van der Waals surface area (Å²) >= 11 is 0. The number of nitrogens with two attached hydrogens (primary N) is 1. The largest absolute Gasteiger partial charge is 0.348 e. The van der Waals surface area contributed by atoms with Crippen LogP contribution in [0.5, 0.6) is 0 Å². The van der Waals surface area contributed by atoms with Crippen molar-refractivity contribution in [1.29, 1.82) is 0 Å². The third kappa shape index (κ3) is 5.25. The smallest absolute Gasteiger partial charge is 0.243 e. The molecule has 3 N–H and O–H groups in total. The Balaban J connectivity index is 0.00000169. The second-order valence-corrected chi connectivity index (χ2v) is 4.71. The first-order valence-electron chi connectivity index (χ1n) is 4.64. The first kappa shape index (κ1) is 13.5. The van der Waals surface area contributed by atoms with Crippen LogP contribution >= 0.6 is 12.4 Å². The molecule has 1 aliphatic carbocycles. The predicted molar refractivity (Wildman–Crippen MR) is 60.4 cm³/mol. The number of rotatable bonds is 2. The van der Waals surface area contributed by atoms with E-state index in [2.05, 4.69) is 26.1 Å². The van der Waals surface area contributed by atoms with Crippen LogP contribution in [0.4, 0.5) is 0 Å². The second kappa shape index (κ2) is 4.80. The molecule has 0 aromatic carbocycles. The van der Waals surface area contributed by atoms with Gasteiger partial charge in [0.2, 0.25) is 5.91 Å². The summed E-state index contributed by atoms with van der Waals surface area (Å²) in [5.41, 5.74) is 5.62. The standard InChI is InChI=1S/C10H18N2O.ClH/c1-10(2,3)5-4-9(13)12-8-6-7(8)11;/h4-5,7-8H,6,11H2,1-3H3,(H,12,13);1H/b5-4+;. The van der Waals surface area contributed by atoms with Gasteiger partial charge in [0.05, 0.1) is 0 Å². The Labute approximate surface area is 91.5 Å². The fourth-order valence-electron chi connectivity index (χ4n) is 0.937. The Hall–Kier alpha value is -0.540. The normalized spacial score (nSPS) is 25.7. The number of carbonyl (C=O) groups excluding carboxylic acids is 1. The molecule has 4 heteroatoms. The zero-order chi connectivity index (χ0) is 10.1. The molecule has 1 amide bonds. The van der Waals surface area contributed by atoms with Crippen LogP contribution in [0.15, 0.2) is 12.2 Å². The van der Waals surface area contributed by atoms with Gasteiger partial charge in [-0.2, -0.15) is 0 Å². The van der Waals surface area contributed by atoms with Gasteiger partial charge in [0.25, 0.3) is 0 Å². The molecular weight excluding hydrogens is 200 g/mol. The van der Waals surface area contributed by atoms with E-state index in [0.29, 0.717) is 0 Å². The van der Waals surface area contributed by atoms with E-state index in [0.717, 1.165) is 6.42 Å². The van der Waals surface area contributed by atoms with E-state index in [1.807, 2.05) is 6.08 Å². The Bertz CT molecular complexity index is 233. The Morgan fingerprint density at radius 2 is 2.00 bits per heavy atom. The minimum atomic E-state index is -0.0344. The Morgan fingerprint density at radius 1 is 1.50 bits per heavy atom. The summed E-state index contributed by atoms with van der Waals surface area (Å²) in [5, 5.41) is 2.83. The van der Waals surface area contributed by atoms with Crippen molar-refractivity contribution >= 4 is 18.3 Å². The highest BCUT2D eigenvalue weighted by Crippen LogP contribution is 2.18. The molecule has 1 aliphatic rings. The molecule has 1 rings (SSSR count). The number of halogens is 1. The van der Waals surface area contributed by atoms with Crippen molar-refractivity contribution in [2.24, 2.45) is 11.1 Å². The number of hydrogen-bond donors (Lipinski definition) is 2. The summed E-state index contributed by atoms with van der Waals surface area (Å²) in [5.74, 6) is -0.0344. The lowest BCUT2D eigenvalue weighted by molar-refractivity contribution is -0.116. The summed E-state index contributed by atoms with van der Waals surface area (Å²) in [7, 11) is 0. The lowest BCUT2D eigenvalue weighted by Gasteiger charge is -2.10. The first-order chi connectivity index (χ1) is 5.88. The van der Waals surface area contributed by atoms with Crippen LogP contribution in [0.1, 0.15) is 27.2 Å². The van der Waals surface area contributed by atoms with Gasteiger partial charge in [0.15, 0.2) is 0 Å². The van der Waals surface area contributed by atoms with Crippen molar-refractivity contribution in [3.05, 3.63) is 12.2 Å². The van der Waals surface area contributed by atoms with E-state index in [1.165, 1.54) is 0 Å². The fraction of sp³-hybridized carbons (Fsp3) is 0.700. The van der Waals surface area contributed by atoms with E-state index < -0.39 is 0 Å². The molecule has 2 atom stereocenters. The average Bonchev–Trinajstić information content (AvgIpc) is 2.61. The quantitative estimate of drug-likeness (QED) is 0.685. The van der Waals surface area contributed by atoms with Gasteiger partial charge in [0, 0.05) is 12.1 Å². The maximum absolute atomic E-state index is 11.2. The first-order valence-corrected chi connectivity index (χ1v) is 4.64. The number of allylic oxidation sites excluding steroid dienone is 1. The summed E-state index contributed by atoms with van der Waals surface area (Å²) < 4.78 is 0. The summed E-state index contributed by atoms with van der Waals surface area (Å²) in [6, 6.07) is 0.379. The molecule has 0 aromatic heterocycles. The van der Waals surface area contributed by atoms with Crippen molar-refractivity contribution in [2.75, 3.05) is 0 Å². The molecule has 0 aliphatic heterocycles. The molecule has 82 valence electrons. The molecule has 2 unspecified atom stereocenters. The van der Waals surface area contributed by atoms with E-state index in [4.69, 9.17) is 5.73 Å². The number of amides is 1. The lowest BCUT2D eigenvalue weighted by Crippen LogP contribution is -2.28. The highest BCUT2D eigenvalue weighted by atomic mass is 35.5. The topological polar surface area (TPSA) is 55.1 Å². The Morgan fingerprint density at radius 3 is 2.36 bits per heavy atom. The van der Waals surface area contributed by atoms with Crippen LogP contribution in [-0.4, -0.2) is 18.0 Å². The van der Waals surface area contributed by atoms with Crippen LogP contribution in [0.3, 0.4) is 0 Å². The minimum Gasteiger partial charge on any atom is -0.348 e. The van der Waals surface area contributed by atoms with Gasteiger partial charge in [-0.25, -0.2) is 0 Å². The minimum absolute atomic E-state index is 0. The van der Waals surface area contributed by atoms with Gasteiger partial charge in [0.1, 0.15) is 0 Å². The van der Waals surface area contributed by atoms with Crippen LogP contribution in [0, 0.1) is 5.41 Å². The van der Waals surface area contributed by atoms with E-state index in [-0.39, 0.29) is 35.8 Å². The van der Waals surface area contributed by atoms with Crippen molar-refractivity contribution in [1.82, 2.24) is 5.32 Å². The van der Waals surface area contributed by atoms with Crippen LogP contribution in [0.25, 0.3) is 0 Å². The molecule has 0 spiro atoms. The van der Waals surface area contributed by atoms with E-state index in [9.17, 15) is 4.79 Å². The van der Waals surface area contributed by atoms with Gasteiger partial charge >= 0.3 is 0 Å². The van der Waals surface area contributed by atoms with Gasteiger partial charge in [-0.3, -0.25) is 4.79 Å². The van der Waals surface area contributed by atoms with Gasteiger partial charge in [-0.15, -0.1) is 12.4 Å². The van der Waals surface area contributed by atoms with Crippen molar-refractivity contribution in [3.8, 4) is 0 Å². The zero-order valence-corrected chi connectivity index (χ0v) is 9.73. The maximum Gasteiger partial charge on any atom is 0.243 e. The molecular formula is C10H19ClN2O. The molecule has 1 saturated carbocycles. The molecule has 0 saturated heterocycles. The second-order valence-electron chi connectivity index (χ2n) is 4.71. The molecule has 14 heavy (non-hydrogen) atoms. The van der Waals surface area contributed by atoms with Crippen LogP contribution < -0.4 is 11.1 Å². The summed E-state index contributed by atoms with van der Waals surface area (Å²) in [6.45, 7) is 6.17. The van der Waals surface area contributed by atoms with Crippen molar-refractivity contribution in [2.45, 2.75) is 39.3 Å². The van der Waals surface area contributed by atoms with Crippen molar-refractivity contribution < 1.29 is 4.79 Å². The third-order valence-corrected chi connectivity index (χ3v) is 1.90.